The molecule has 7 heteroatoms. The summed E-state index contributed by atoms with van der Waals surface area (Å²) in [6.45, 7) is 0. The van der Waals surface area contributed by atoms with Crippen LogP contribution >= 0.6 is 0 Å². The van der Waals surface area contributed by atoms with Crippen LogP contribution in [0, 0.1) is 5.82 Å². The molecule has 0 bridgehead atoms. The Morgan fingerprint density at radius 2 is 1.94 bits per heavy atom. The van der Waals surface area contributed by atoms with Gasteiger partial charge in [0, 0.05) is 29.9 Å². The van der Waals surface area contributed by atoms with Crippen LogP contribution in [0.5, 0.6) is 5.75 Å². The molecule has 3 N–H and O–H groups in total. The van der Waals surface area contributed by atoms with Crippen molar-refractivity contribution in [3.63, 3.8) is 0 Å². The minimum Gasteiger partial charge on any atom is -0.505 e. The summed E-state index contributed by atoms with van der Waals surface area (Å²) in [7, 11) is 0. The van der Waals surface area contributed by atoms with Crippen LogP contribution in [-0.2, 0) is 12.8 Å². The van der Waals surface area contributed by atoms with Gasteiger partial charge in [0.25, 0.3) is 0 Å². The van der Waals surface area contributed by atoms with Crippen LogP contribution in [0.25, 0.3) is 27.6 Å². The molecule has 1 atom stereocenters. The maximum Gasteiger partial charge on any atom is 0.165 e. The van der Waals surface area contributed by atoms with Gasteiger partial charge in [-0.25, -0.2) is 14.4 Å². The fourth-order valence-electron chi connectivity index (χ4n) is 4.82. The van der Waals surface area contributed by atoms with E-state index in [9.17, 15) is 9.50 Å². The minimum atomic E-state index is -0.642. The smallest absolute Gasteiger partial charge is 0.165 e. The lowest BCUT2D eigenvalue weighted by molar-refractivity contribution is 0.433. The number of benzene rings is 2. The summed E-state index contributed by atoms with van der Waals surface area (Å²) in [5.41, 5.74) is 11.3. The lowest BCUT2D eigenvalue weighted by Gasteiger charge is -2.26. The molecule has 6 nitrogen and oxygen atoms in total. The van der Waals surface area contributed by atoms with E-state index >= 15 is 0 Å². The molecule has 0 amide bonds. The summed E-state index contributed by atoms with van der Waals surface area (Å²) in [5, 5.41) is 11.4. The van der Waals surface area contributed by atoms with Gasteiger partial charge in [-0.2, -0.15) is 0 Å². The van der Waals surface area contributed by atoms with Crippen molar-refractivity contribution >= 4 is 27.8 Å². The molecular weight excluding hydrogens is 393 g/mol. The van der Waals surface area contributed by atoms with Crippen LogP contribution < -0.4 is 5.73 Å². The molecule has 0 saturated carbocycles. The van der Waals surface area contributed by atoms with Gasteiger partial charge >= 0.3 is 0 Å². The fraction of sp³-hybridized carbons (Fsp3) is 0.167. The molecule has 2 aromatic carbocycles. The number of hydrogen-bond donors (Lipinski definition) is 2. The second kappa shape index (κ2) is 6.57. The summed E-state index contributed by atoms with van der Waals surface area (Å²) in [5.74, 6) is -0.635. The van der Waals surface area contributed by atoms with Gasteiger partial charge in [-0.3, -0.25) is 0 Å². The standard InChI is InChI=1S/C24H20FN5O/c25-18-10-16-7-8-29(19(16)11-21(18)31)20-12-30(24-22(20)23(26)27-13-28-24)17-6-5-14-3-1-2-4-15(14)9-17/h1-4,7-8,10-13,17,31H,5-6,9H2,(H2,26,27,28). The monoisotopic (exact) mass is 413 g/mol. The van der Waals surface area contributed by atoms with Crippen molar-refractivity contribution in [2.45, 2.75) is 25.3 Å². The zero-order valence-electron chi connectivity index (χ0n) is 16.7. The molecule has 1 unspecified atom stereocenters. The second-order valence-electron chi connectivity index (χ2n) is 8.09. The summed E-state index contributed by atoms with van der Waals surface area (Å²) in [4.78, 5) is 8.78. The summed E-state index contributed by atoms with van der Waals surface area (Å²) < 4.78 is 17.9. The highest BCUT2D eigenvalue weighted by molar-refractivity contribution is 5.97. The van der Waals surface area contributed by atoms with Gasteiger partial charge in [0.2, 0.25) is 0 Å². The van der Waals surface area contributed by atoms with E-state index in [-0.39, 0.29) is 11.8 Å². The number of aryl methyl sites for hydroxylation is 1. The van der Waals surface area contributed by atoms with Gasteiger partial charge in [-0.15, -0.1) is 0 Å². The second-order valence-corrected chi connectivity index (χ2v) is 8.09. The molecule has 3 aromatic heterocycles. The molecule has 6 rings (SSSR count). The molecule has 0 spiro atoms. The molecule has 0 aliphatic heterocycles. The van der Waals surface area contributed by atoms with Gasteiger partial charge in [0.15, 0.2) is 11.6 Å². The fourth-order valence-corrected chi connectivity index (χ4v) is 4.82. The topological polar surface area (TPSA) is 81.9 Å². The number of phenols is 1. The van der Waals surface area contributed by atoms with Crippen molar-refractivity contribution in [1.29, 1.82) is 0 Å². The first-order valence-corrected chi connectivity index (χ1v) is 10.3. The Bertz CT molecular complexity index is 1470. The van der Waals surface area contributed by atoms with Crippen molar-refractivity contribution in [2.24, 2.45) is 0 Å². The number of fused-ring (bicyclic) bond motifs is 3. The van der Waals surface area contributed by atoms with Crippen molar-refractivity contribution in [1.82, 2.24) is 19.1 Å². The predicted molar refractivity (Wildman–Crippen MR) is 118 cm³/mol. The van der Waals surface area contributed by atoms with Crippen LogP contribution in [-0.4, -0.2) is 24.2 Å². The molecule has 1 aliphatic carbocycles. The molecule has 5 aromatic rings. The highest BCUT2D eigenvalue weighted by Crippen LogP contribution is 2.37. The molecule has 1 aliphatic rings. The average Bonchev–Trinajstić information content (AvgIpc) is 3.36. The van der Waals surface area contributed by atoms with E-state index < -0.39 is 5.82 Å². The van der Waals surface area contributed by atoms with Gasteiger partial charge in [-0.05, 0) is 42.5 Å². The zero-order chi connectivity index (χ0) is 21.1. The maximum absolute atomic E-state index is 13.8. The highest BCUT2D eigenvalue weighted by atomic mass is 19.1. The number of hydrogen-bond acceptors (Lipinski definition) is 4. The maximum atomic E-state index is 13.8. The van der Waals surface area contributed by atoms with Crippen molar-refractivity contribution in [2.75, 3.05) is 5.73 Å². The summed E-state index contributed by atoms with van der Waals surface area (Å²) in [6.07, 6.45) is 8.32. The van der Waals surface area contributed by atoms with E-state index in [0.29, 0.717) is 16.7 Å². The summed E-state index contributed by atoms with van der Waals surface area (Å²) in [6, 6.07) is 13.4. The number of aromatic nitrogens is 4. The molecule has 3 heterocycles. The molecule has 31 heavy (non-hydrogen) atoms. The number of halogens is 1. The molecule has 154 valence electrons. The number of nitrogens with zero attached hydrogens (tertiary/aromatic N) is 4. The van der Waals surface area contributed by atoms with Crippen LogP contribution in [0.2, 0.25) is 0 Å². The first kappa shape index (κ1) is 17.9. The normalized spacial score (nSPS) is 16.1. The van der Waals surface area contributed by atoms with Gasteiger partial charge in [0.05, 0.1) is 16.6 Å². The van der Waals surface area contributed by atoms with Crippen molar-refractivity contribution in [3.05, 3.63) is 78.1 Å². The van der Waals surface area contributed by atoms with E-state index in [1.165, 1.54) is 29.6 Å². The van der Waals surface area contributed by atoms with E-state index in [0.717, 1.165) is 36.0 Å². The SMILES string of the molecule is Nc1ncnc2c1c(-n1ccc3cc(F)c(O)cc31)cn2C1CCc2ccccc2C1. The Kier molecular flexibility index (Phi) is 3.80. The van der Waals surface area contributed by atoms with Gasteiger partial charge in [0.1, 0.15) is 17.8 Å². The lowest BCUT2D eigenvalue weighted by Crippen LogP contribution is -2.18. The van der Waals surface area contributed by atoms with Crippen LogP contribution in [0.15, 0.2) is 61.2 Å². The largest absolute Gasteiger partial charge is 0.505 e. The number of anilines is 1. The third-order valence-corrected chi connectivity index (χ3v) is 6.35. The molecule has 0 fully saturated rings. The Morgan fingerprint density at radius 1 is 1.10 bits per heavy atom. The third kappa shape index (κ3) is 2.70. The van der Waals surface area contributed by atoms with Gasteiger partial charge in [-0.1, -0.05) is 24.3 Å². The van der Waals surface area contributed by atoms with Crippen LogP contribution in [0.3, 0.4) is 0 Å². The Morgan fingerprint density at radius 3 is 2.81 bits per heavy atom. The number of aromatic hydroxyl groups is 1. The number of nitrogens with two attached hydrogens (primary N) is 1. The van der Waals surface area contributed by atoms with Crippen molar-refractivity contribution in [3.8, 4) is 11.4 Å². The van der Waals surface area contributed by atoms with E-state index in [4.69, 9.17) is 5.73 Å². The van der Waals surface area contributed by atoms with E-state index in [1.807, 2.05) is 23.0 Å². The zero-order valence-corrected chi connectivity index (χ0v) is 16.7. The van der Waals surface area contributed by atoms with E-state index in [2.05, 4.69) is 38.8 Å². The third-order valence-electron chi connectivity index (χ3n) is 6.35. The minimum absolute atomic E-state index is 0.244. The van der Waals surface area contributed by atoms with E-state index in [1.54, 1.807) is 0 Å². The van der Waals surface area contributed by atoms with Crippen LogP contribution in [0.1, 0.15) is 23.6 Å². The predicted octanol–water partition coefficient (Wildman–Crippen LogP) is 4.53. The first-order chi connectivity index (χ1) is 15.1. The number of phenolic OH excluding ortho intramolecular Hbond substituents is 1. The summed E-state index contributed by atoms with van der Waals surface area (Å²) >= 11 is 0. The molecule has 0 radical (unpaired) electrons. The quantitative estimate of drug-likeness (QED) is 0.445. The Labute approximate surface area is 177 Å². The first-order valence-electron chi connectivity index (χ1n) is 10.3. The van der Waals surface area contributed by atoms with Gasteiger partial charge < -0.3 is 20.0 Å². The lowest BCUT2D eigenvalue weighted by atomic mass is 9.88. The number of rotatable bonds is 2. The van der Waals surface area contributed by atoms with Crippen LogP contribution in [0.4, 0.5) is 10.2 Å². The molecular formula is C24H20FN5O. The average molecular weight is 413 g/mol. The molecule has 0 saturated heterocycles. The number of nitrogen functional groups attached to an aromatic ring is 1. The van der Waals surface area contributed by atoms with Crippen molar-refractivity contribution < 1.29 is 9.50 Å². The Balaban J connectivity index is 1.55. The highest BCUT2D eigenvalue weighted by Gasteiger charge is 2.25. The Hall–Kier alpha value is -3.87.